The molecular weight excluding hydrogens is 274 g/mol. The van der Waals surface area contributed by atoms with Gasteiger partial charge in [-0.15, -0.1) is 6.42 Å². The minimum atomic E-state index is -0.532. The first kappa shape index (κ1) is 14.7. The number of ether oxygens (including phenoxy) is 1. The minimum Gasteiger partial charge on any atom is -0.444 e. The van der Waals surface area contributed by atoms with Crippen LogP contribution in [-0.2, 0) is 10.2 Å². The van der Waals surface area contributed by atoms with E-state index in [0.717, 1.165) is 18.4 Å². The van der Waals surface area contributed by atoms with Crippen molar-refractivity contribution in [1.29, 1.82) is 0 Å². The summed E-state index contributed by atoms with van der Waals surface area (Å²) in [5.74, 6) is 2.80. The Balaban J connectivity index is 2.11. The van der Waals surface area contributed by atoms with Crippen LogP contribution in [0.4, 0.5) is 10.5 Å². The Hall–Kier alpha value is -1.66. The highest BCUT2D eigenvalue weighted by Crippen LogP contribution is 2.50. The van der Waals surface area contributed by atoms with Crippen molar-refractivity contribution >= 4 is 23.4 Å². The van der Waals surface area contributed by atoms with Crippen molar-refractivity contribution in [3.05, 3.63) is 28.8 Å². The predicted octanol–water partition coefficient (Wildman–Crippen LogP) is 4.35. The third kappa shape index (κ3) is 3.26. The SMILES string of the molecule is C#CC1(c2ccc(NC(=O)OC(C)(C)C)cc2Cl)CC1. The van der Waals surface area contributed by atoms with Crippen molar-refractivity contribution in [2.45, 2.75) is 44.6 Å². The average molecular weight is 292 g/mol. The third-order valence-corrected chi connectivity index (χ3v) is 3.47. The lowest BCUT2D eigenvalue weighted by Gasteiger charge is -2.20. The predicted molar refractivity (Wildman–Crippen MR) is 81.1 cm³/mol. The quantitative estimate of drug-likeness (QED) is 0.823. The van der Waals surface area contributed by atoms with E-state index in [2.05, 4.69) is 11.2 Å². The number of halogens is 1. The van der Waals surface area contributed by atoms with Crippen LogP contribution in [0.15, 0.2) is 18.2 Å². The molecule has 0 aromatic heterocycles. The van der Waals surface area contributed by atoms with Crippen molar-refractivity contribution in [2.24, 2.45) is 0 Å². The van der Waals surface area contributed by atoms with E-state index in [1.165, 1.54) is 0 Å². The van der Waals surface area contributed by atoms with Crippen molar-refractivity contribution in [3.8, 4) is 12.3 Å². The van der Waals surface area contributed by atoms with E-state index in [0.29, 0.717) is 10.7 Å². The maximum atomic E-state index is 11.7. The molecule has 20 heavy (non-hydrogen) atoms. The van der Waals surface area contributed by atoms with E-state index in [1.807, 2.05) is 26.8 Å². The molecule has 0 radical (unpaired) electrons. The van der Waals surface area contributed by atoms with Gasteiger partial charge in [-0.1, -0.05) is 23.6 Å². The van der Waals surface area contributed by atoms with E-state index in [4.69, 9.17) is 22.8 Å². The molecule has 4 heteroatoms. The fourth-order valence-corrected chi connectivity index (χ4v) is 2.38. The number of nitrogens with one attached hydrogen (secondary N) is 1. The van der Waals surface area contributed by atoms with Crippen LogP contribution in [-0.4, -0.2) is 11.7 Å². The molecule has 1 aliphatic rings. The highest BCUT2D eigenvalue weighted by Gasteiger charge is 2.43. The van der Waals surface area contributed by atoms with Crippen LogP contribution in [0.2, 0.25) is 5.02 Å². The first-order chi connectivity index (χ1) is 9.26. The van der Waals surface area contributed by atoms with Crippen molar-refractivity contribution in [1.82, 2.24) is 0 Å². The van der Waals surface area contributed by atoms with Crippen LogP contribution in [0.3, 0.4) is 0 Å². The number of terminal acetylenes is 1. The number of carbonyl (C=O) groups is 1. The maximum absolute atomic E-state index is 11.7. The highest BCUT2D eigenvalue weighted by molar-refractivity contribution is 6.32. The molecule has 106 valence electrons. The topological polar surface area (TPSA) is 38.3 Å². The molecule has 0 heterocycles. The van der Waals surface area contributed by atoms with Crippen LogP contribution in [0.5, 0.6) is 0 Å². The summed E-state index contributed by atoms with van der Waals surface area (Å²) in [4.78, 5) is 11.7. The van der Waals surface area contributed by atoms with Gasteiger partial charge in [0, 0.05) is 10.7 Å². The summed E-state index contributed by atoms with van der Waals surface area (Å²) in [5, 5.41) is 3.24. The Morgan fingerprint density at radius 1 is 1.45 bits per heavy atom. The minimum absolute atomic E-state index is 0.207. The van der Waals surface area contributed by atoms with E-state index in [-0.39, 0.29) is 5.41 Å². The van der Waals surface area contributed by atoms with Crippen molar-refractivity contribution in [3.63, 3.8) is 0 Å². The molecule has 1 fully saturated rings. The molecule has 0 unspecified atom stereocenters. The summed E-state index contributed by atoms with van der Waals surface area (Å²) in [6.45, 7) is 5.44. The molecule has 0 aliphatic heterocycles. The number of anilines is 1. The maximum Gasteiger partial charge on any atom is 0.412 e. The summed E-state index contributed by atoms with van der Waals surface area (Å²) in [7, 11) is 0. The number of amides is 1. The molecular formula is C16H18ClNO2. The van der Waals surface area contributed by atoms with Gasteiger partial charge in [-0.2, -0.15) is 0 Å². The molecule has 0 saturated heterocycles. The van der Waals surface area contributed by atoms with Gasteiger partial charge in [0.05, 0.1) is 5.41 Å². The number of benzene rings is 1. The van der Waals surface area contributed by atoms with Crippen molar-refractivity contribution in [2.75, 3.05) is 5.32 Å². The fraction of sp³-hybridized carbons (Fsp3) is 0.438. The molecule has 1 amide bonds. The van der Waals surface area contributed by atoms with Gasteiger partial charge in [0.15, 0.2) is 0 Å². The molecule has 0 bridgehead atoms. The normalized spacial score (nSPS) is 16.1. The monoisotopic (exact) mass is 291 g/mol. The second kappa shape index (κ2) is 5.03. The largest absolute Gasteiger partial charge is 0.444 e. The summed E-state index contributed by atoms with van der Waals surface area (Å²) in [6, 6.07) is 5.38. The molecule has 1 aliphatic carbocycles. The molecule has 3 nitrogen and oxygen atoms in total. The standard InChI is InChI=1S/C16H18ClNO2/c1-5-16(8-9-16)12-7-6-11(10-13(12)17)18-14(19)20-15(2,3)4/h1,6-7,10H,8-9H2,2-4H3,(H,18,19). The van der Waals surface area contributed by atoms with Crippen LogP contribution < -0.4 is 5.32 Å². The summed E-state index contributed by atoms with van der Waals surface area (Å²) >= 11 is 6.26. The Labute approximate surface area is 124 Å². The molecule has 1 N–H and O–H groups in total. The first-order valence-electron chi connectivity index (χ1n) is 6.54. The third-order valence-electron chi connectivity index (χ3n) is 3.16. The van der Waals surface area contributed by atoms with Crippen LogP contribution >= 0.6 is 11.6 Å². The molecule has 1 aromatic carbocycles. The lowest BCUT2D eigenvalue weighted by atomic mass is 9.97. The number of rotatable bonds is 2. The highest BCUT2D eigenvalue weighted by atomic mass is 35.5. The Bertz CT molecular complexity index is 577. The number of hydrogen-bond acceptors (Lipinski definition) is 2. The fourth-order valence-electron chi connectivity index (χ4n) is 2.02. The Morgan fingerprint density at radius 3 is 2.55 bits per heavy atom. The molecule has 2 rings (SSSR count). The van der Waals surface area contributed by atoms with Gasteiger partial charge in [0.1, 0.15) is 5.60 Å². The van der Waals surface area contributed by atoms with Gasteiger partial charge >= 0.3 is 6.09 Å². The van der Waals surface area contributed by atoms with Crippen molar-refractivity contribution < 1.29 is 9.53 Å². The summed E-state index contributed by atoms with van der Waals surface area (Å²) in [5.41, 5.74) is 0.814. The lowest BCUT2D eigenvalue weighted by Crippen LogP contribution is -2.27. The molecule has 0 atom stereocenters. The van der Waals surface area contributed by atoms with Gasteiger partial charge in [-0.3, -0.25) is 5.32 Å². The van der Waals surface area contributed by atoms with E-state index >= 15 is 0 Å². The average Bonchev–Trinajstić information content (AvgIpc) is 3.07. The van der Waals surface area contributed by atoms with Gasteiger partial charge in [0.2, 0.25) is 0 Å². The Morgan fingerprint density at radius 2 is 2.10 bits per heavy atom. The zero-order valence-electron chi connectivity index (χ0n) is 11.9. The Kier molecular flexibility index (Phi) is 3.71. The van der Waals surface area contributed by atoms with E-state index < -0.39 is 11.7 Å². The number of carbonyl (C=O) groups excluding carboxylic acids is 1. The molecule has 1 aromatic rings. The zero-order chi connectivity index (χ0) is 15.0. The number of hydrogen-bond donors (Lipinski definition) is 1. The lowest BCUT2D eigenvalue weighted by molar-refractivity contribution is 0.0636. The van der Waals surface area contributed by atoms with E-state index in [1.54, 1.807) is 12.1 Å². The molecule has 1 saturated carbocycles. The summed E-state index contributed by atoms with van der Waals surface area (Å²) < 4.78 is 5.19. The molecule has 0 spiro atoms. The van der Waals surface area contributed by atoms with Gasteiger partial charge in [0.25, 0.3) is 0 Å². The van der Waals surface area contributed by atoms with Gasteiger partial charge < -0.3 is 4.74 Å². The smallest absolute Gasteiger partial charge is 0.412 e. The van der Waals surface area contributed by atoms with Crippen LogP contribution in [0, 0.1) is 12.3 Å². The first-order valence-corrected chi connectivity index (χ1v) is 6.91. The second-order valence-electron chi connectivity index (χ2n) is 6.05. The van der Waals surface area contributed by atoms with Gasteiger partial charge in [-0.05, 0) is 51.3 Å². The van der Waals surface area contributed by atoms with Crippen LogP contribution in [0.1, 0.15) is 39.2 Å². The second-order valence-corrected chi connectivity index (χ2v) is 6.46. The zero-order valence-corrected chi connectivity index (χ0v) is 12.7. The van der Waals surface area contributed by atoms with Gasteiger partial charge in [-0.25, -0.2) is 4.79 Å². The van der Waals surface area contributed by atoms with E-state index in [9.17, 15) is 4.79 Å². The summed E-state index contributed by atoms with van der Waals surface area (Å²) in [6.07, 6.45) is 6.98. The van der Waals surface area contributed by atoms with Crippen LogP contribution in [0.25, 0.3) is 0 Å².